The maximum Gasteiger partial charge on any atom is 0.314 e. The third-order valence-corrected chi connectivity index (χ3v) is 4.51. The first-order valence-corrected chi connectivity index (χ1v) is 6.47. The van der Waals surface area contributed by atoms with Crippen LogP contribution < -0.4 is 0 Å². The maximum atomic E-state index is 11.5. The monoisotopic (exact) mass is 230 g/mol. The minimum Gasteiger partial charge on any atom is -0.481 e. The quantitative estimate of drug-likeness (QED) is 0.848. The number of hydrogen-bond acceptors (Lipinski definition) is 1. The van der Waals surface area contributed by atoms with Crippen LogP contribution in [0.15, 0.2) is 18.2 Å². The van der Waals surface area contributed by atoms with Crippen molar-refractivity contribution in [3.8, 4) is 0 Å². The molecule has 0 heterocycles. The first-order valence-electron chi connectivity index (χ1n) is 6.47. The zero-order valence-corrected chi connectivity index (χ0v) is 10.2. The van der Waals surface area contributed by atoms with E-state index in [0.29, 0.717) is 5.92 Å². The van der Waals surface area contributed by atoms with E-state index in [9.17, 15) is 9.90 Å². The fraction of sp³-hybridized carbons (Fsp3) is 0.533. The molecule has 2 aliphatic carbocycles. The zero-order chi connectivity index (χ0) is 12.0. The van der Waals surface area contributed by atoms with Gasteiger partial charge in [-0.15, -0.1) is 0 Å². The Hall–Kier alpha value is -1.31. The van der Waals surface area contributed by atoms with Crippen molar-refractivity contribution >= 4 is 5.97 Å². The van der Waals surface area contributed by atoms with Crippen molar-refractivity contribution in [2.75, 3.05) is 0 Å². The molecule has 1 saturated carbocycles. The van der Waals surface area contributed by atoms with E-state index in [4.69, 9.17) is 0 Å². The van der Waals surface area contributed by atoms with Gasteiger partial charge in [-0.1, -0.05) is 31.5 Å². The molecule has 1 atom stereocenters. The van der Waals surface area contributed by atoms with Crippen molar-refractivity contribution in [2.24, 2.45) is 5.92 Å². The summed E-state index contributed by atoms with van der Waals surface area (Å²) in [5.41, 5.74) is 3.26. The van der Waals surface area contributed by atoms with E-state index in [1.165, 1.54) is 11.1 Å². The lowest BCUT2D eigenvalue weighted by Crippen LogP contribution is -2.42. The normalized spacial score (nSPS) is 25.1. The molecule has 1 aromatic carbocycles. The van der Waals surface area contributed by atoms with Crippen molar-refractivity contribution in [1.29, 1.82) is 0 Å². The number of fused-ring (bicyclic) bond motifs is 1. The van der Waals surface area contributed by atoms with Crippen molar-refractivity contribution in [1.82, 2.24) is 0 Å². The molecule has 0 aromatic heterocycles. The molecule has 1 fully saturated rings. The molecule has 0 amide bonds. The van der Waals surface area contributed by atoms with Crippen molar-refractivity contribution in [3.63, 3.8) is 0 Å². The minimum absolute atomic E-state index is 0.569. The van der Waals surface area contributed by atoms with Gasteiger partial charge < -0.3 is 5.11 Å². The molecule has 0 spiro atoms. The van der Waals surface area contributed by atoms with Gasteiger partial charge in [0.1, 0.15) is 0 Å². The molecule has 90 valence electrons. The standard InChI is InChI=1S/C15H18O2/c1-10-7-11-3-4-13(9-12(11)8-10)15(14(16)17)5-2-6-15/h3-4,9-10H,2,5-8H2,1H3,(H,16,17). The number of carboxylic acid groups (broad SMARTS) is 1. The first kappa shape index (κ1) is 10.8. The molecule has 2 aliphatic rings. The van der Waals surface area contributed by atoms with Gasteiger partial charge in [-0.25, -0.2) is 0 Å². The Kier molecular flexibility index (Phi) is 2.29. The van der Waals surface area contributed by atoms with Gasteiger partial charge in [-0.3, -0.25) is 4.79 Å². The summed E-state index contributed by atoms with van der Waals surface area (Å²) in [7, 11) is 0. The van der Waals surface area contributed by atoms with Crippen LogP contribution in [0.3, 0.4) is 0 Å². The van der Waals surface area contributed by atoms with Crippen LogP contribution in [-0.2, 0) is 23.1 Å². The van der Waals surface area contributed by atoms with Crippen LogP contribution in [0.1, 0.15) is 42.9 Å². The second-order valence-corrected chi connectivity index (χ2v) is 5.74. The minimum atomic E-state index is -0.644. The molecule has 1 unspecified atom stereocenters. The van der Waals surface area contributed by atoms with Crippen LogP contribution in [0, 0.1) is 5.92 Å². The predicted molar refractivity (Wildman–Crippen MR) is 66.2 cm³/mol. The van der Waals surface area contributed by atoms with Gasteiger partial charge in [-0.05, 0) is 48.3 Å². The Balaban J connectivity index is 2.00. The summed E-state index contributed by atoms with van der Waals surface area (Å²) in [6.45, 7) is 2.26. The lowest BCUT2D eigenvalue weighted by molar-refractivity contribution is -0.147. The highest BCUT2D eigenvalue weighted by molar-refractivity contribution is 5.82. The average molecular weight is 230 g/mol. The number of carbonyl (C=O) groups is 1. The van der Waals surface area contributed by atoms with Gasteiger partial charge in [0, 0.05) is 0 Å². The van der Waals surface area contributed by atoms with Crippen LogP contribution >= 0.6 is 0 Å². The van der Waals surface area contributed by atoms with Crippen LogP contribution in [-0.4, -0.2) is 11.1 Å². The van der Waals surface area contributed by atoms with Gasteiger partial charge in [0.05, 0.1) is 5.41 Å². The fourth-order valence-corrected chi connectivity index (χ4v) is 3.29. The van der Waals surface area contributed by atoms with Crippen molar-refractivity contribution < 1.29 is 9.90 Å². The van der Waals surface area contributed by atoms with Gasteiger partial charge >= 0.3 is 5.97 Å². The van der Waals surface area contributed by atoms with E-state index in [2.05, 4.69) is 19.1 Å². The number of hydrogen-bond donors (Lipinski definition) is 1. The zero-order valence-electron chi connectivity index (χ0n) is 10.2. The Labute approximate surface area is 102 Å². The lowest BCUT2D eigenvalue weighted by Gasteiger charge is -2.38. The van der Waals surface area contributed by atoms with E-state index in [1.807, 2.05) is 6.07 Å². The molecule has 2 heteroatoms. The Morgan fingerprint density at radius 1 is 1.29 bits per heavy atom. The van der Waals surface area contributed by atoms with Crippen molar-refractivity contribution in [2.45, 2.75) is 44.4 Å². The van der Waals surface area contributed by atoms with Crippen molar-refractivity contribution in [3.05, 3.63) is 34.9 Å². The summed E-state index contributed by atoms with van der Waals surface area (Å²) in [6, 6.07) is 6.35. The maximum absolute atomic E-state index is 11.5. The molecule has 3 rings (SSSR count). The van der Waals surface area contributed by atoms with E-state index in [1.54, 1.807) is 0 Å². The van der Waals surface area contributed by atoms with Crippen LogP contribution in [0.25, 0.3) is 0 Å². The fourth-order valence-electron chi connectivity index (χ4n) is 3.29. The summed E-state index contributed by atoms with van der Waals surface area (Å²) in [5, 5.41) is 9.44. The molecule has 17 heavy (non-hydrogen) atoms. The lowest BCUT2D eigenvalue weighted by atomic mass is 9.64. The highest BCUT2D eigenvalue weighted by Crippen LogP contribution is 2.45. The smallest absolute Gasteiger partial charge is 0.314 e. The second kappa shape index (κ2) is 3.59. The third-order valence-electron chi connectivity index (χ3n) is 4.51. The van der Waals surface area contributed by atoms with Gasteiger partial charge in [0.25, 0.3) is 0 Å². The van der Waals surface area contributed by atoms with E-state index in [-0.39, 0.29) is 0 Å². The molecule has 0 radical (unpaired) electrons. The summed E-state index contributed by atoms with van der Waals surface area (Å²) in [5.74, 6) is 0.0668. The van der Waals surface area contributed by atoms with E-state index >= 15 is 0 Å². The molecular formula is C15H18O2. The van der Waals surface area contributed by atoms with Gasteiger partial charge in [0.2, 0.25) is 0 Å². The van der Waals surface area contributed by atoms with Crippen LogP contribution in [0.5, 0.6) is 0 Å². The predicted octanol–water partition coefficient (Wildman–Crippen LogP) is 2.93. The Morgan fingerprint density at radius 3 is 2.59 bits per heavy atom. The first-order chi connectivity index (χ1) is 8.12. The Bertz CT molecular complexity index is 472. The summed E-state index contributed by atoms with van der Waals surface area (Å²) in [6.07, 6.45) is 4.90. The average Bonchev–Trinajstić information content (AvgIpc) is 2.54. The highest BCUT2D eigenvalue weighted by Gasteiger charge is 2.46. The van der Waals surface area contributed by atoms with Gasteiger partial charge in [-0.2, -0.15) is 0 Å². The highest BCUT2D eigenvalue weighted by atomic mass is 16.4. The second-order valence-electron chi connectivity index (χ2n) is 5.74. The molecule has 2 nitrogen and oxygen atoms in total. The molecular weight excluding hydrogens is 212 g/mol. The molecule has 0 saturated heterocycles. The molecule has 0 bridgehead atoms. The molecule has 1 N–H and O–H groups in total. The number of rotatable bonds is 2. The third kappa shape index (κ3) is 1.50. The largest absolute Gasteiger partial charge is 0.481 e. The topological polar surface area (TPSA) is 37.3 Å². The van der Waals surface area contributed by atoms with Crippen LogP contribution in [0.4, 0.5) is 0 Å². The summed E-state index contributed by atoms with van der Waals surface area (Å²) >= 11 is 0. The molecule has 0 aliphatic heterocycles. The van der Waals surface area contributed by atoms with Crippen LogP contribution in [0.2, 0.25) is 0 Å². The van der Waals surface area contributed by atoms with Gasteiger partial charge in [0.15, 0.2) is 0 Å². The SMILES string of the molecule is CC1Cc2ccc(C3(C(=O)O)CCC3)cc2C1. The number of carboxylic acids is 1. The van der Waals surface area contributed by atoms with E-state index in [0.717, 1.165) is 37.7 Å². The number of benzene rings is 1. The summed E-state index contributed by atoms with van der Waals surface area (Å²) in [4.78, 5) is 11.5. The Morgan fingerprint density at radius 2 is 2.00 bits per heavy atom. The molecule has 1 aromatic rings. The number of aliphatic carboxylic acids is 1. The summed E-state index contributed by atoms with van der Waals surface area (Å²) < 4.78 is 0. The van der Waals surface area contributed by atoms with E-state index < -0.39 is 11.4 Å².